The zero-order valence-corrected chi connectivity index (χ0v) is 11.1. The third-order valence-electron chi connectivity index (χ3n) is 2.84. The van der Waals surface area contributed by atoms with Gasteiger partial charge in [0.2, 0.25) is 0 Å². The maximum Gasteiger partial charge on any atom is 0.171 e. The van der Waals surface area contributed by atoms with Crippen molar-refractivity contribution >= 4 is 0 Å². The van der Waals surface area contributed by atoms with Gasteiger partial charge in [-0.25, -0.2) is 4.39 Å². The number of rotatable bonds is 6. The lowest BCUT2D eigenvalue weighted by Gasteiger charge is -2.26. The second-order valence-corrected chi connectivity index (χ2v) is 4.22. The predicted octanol–water partition coefficient (Wildman–Crippen LogP) is 2.19. The summed E-state index contributed by atoms with van der Waals surface area (Å²) in [5, 5.41) is 12.4. The molecule has 1 aromatic rings. The molecule has 0 bridgehead atoms. The van der Waals surface area contributed by atoms with Crippen LogP contribution in [0.3, 0.4) is 0 Å². The van der Waals surface area contributed by atoms with Crippen molar-refractivity contribution in [2.24, 2.45) is 0 Å². The average molecular weight is 257 g/mol. The van der Waals surface area contributed by atoms with Crippen molar-refractivity contribution in [1.29, 1.82) is 0 Å². The van der Waals surface area contributed by atoms with Crippen molar-refractivity contribution in [1.82, 2.24) is 5.32 Å². The number of hydrogen-bond acceptors (Lipinski definition) is 4. The Morgan fingerprint density at radius 1 is 1.22 bits per heavy atom. The molecule has 0 fully saturated rings. The molecule has 0 aliphatic carbocycles. The summed E-state index contributed by atoms with van der Waals surface area (Å²) in [6.07, 6.45) is -0.396. The average Bonchev–Trinajstić information content (AvgIpc) is 2.30. The Morgan fingerprint density at radius 3 is 2.33 bits per heavy atom. The lowest BCUT2D eigenvalue weighted by atomic mass is 10.1. The number of halogens is 1. The molecule has 0 saturated carbocycles. The first-order valence-electron chi connectivity index (χ1n) is 5.79. The summed E-state index contributed by atoms with van der Waals surface area (Å²) in [6.45, 7) is 3.74. The summed E-state index contributed by atoms with van der Waals surface area (Å²) in [7, 11) is 3.11. The minimum absolute atomic E-state index is 0.0804. The van der Waals surface area contributed by atoms with Crippen LogP contribution >= 0.6 is 0 Å². The van der Waals surface area contributed by atoms with Crippen LogP contribution in [0.4, 0.5) is 4.39 Å². The summed E-state index contributed by atoms with van der Waals surface area (Å²) in [6, 6.07) is 3.81. The lowest BCUT2D eigenvalue weighted by Crippen LogP contribution is -2.41. The summed E-state index contributed by atoms with van der Waals surface area (Å²) in [4.78, 5) is 0. The Kier molecular flexibility index (Phi) is 5.53. The largest absolute Gasteiger partial charge is 0.508 e. The van der Waals surface area contributed by atoms with E-state index in [1.807, 2.05) is 13.8 Å². The summed E-state index contributed by atoms with van der Waals surface area (Å²) in [5.41, 5.74) is 0.491. The molecule has 2 unspecified atom stereocenters. The monoisotopic (exact) mass is 257 g/mol. The van der Waals surface area contributed by atoms with Crippen LogP contribution in [0.15, 0.2) is 18.2 Å². The molecular formula is C13H20FNO3. The zero-order chi connectivity index (χ0) is 13.7. The van der Waals surface area contributed by atoms with Gasteiger partial charge in [0.25, 0.3) is 0 Å². The fraction of sp³-hybridized carbons (Fsp3) is 0.538. The minimum atomic E-state index is -0.436. The van der Waals surface area contributed by atoms with E-state index in [0.717, 1.165) is 6.07 Å². The Morgan fingerprint density at radius 2 is 1.83 bits per heavy atom. The topological polar surface area (TPSA) is 50.7 Å². The molecule has 1 rings (SSSR count). The van der Waals surface area contributed by atoms with Crippen LogP contribution in [0.25, 0.3) is 0 Å². The van der Waals surface area contributed by atoms with Crippen LogP contribution in [-0.2, 0) is 9.47 Å². The Hall–Kier alpha value is -1.17. The van der Waals surface area contributed by atoms with E-state index in [0.29, 0.717) is 5.56 Å². The van der Waals surface area contributed by atoms with Crippen molar-refractivity contribution in [3.8, 4) is 5.75 Å². The molecule has 4 nitrogen and oxygen atoms in total. The van der Waals surface area contributed by atoms with Gasteiger partial charge in [-0.2, -0.15) is 0 Å². The van der Waals surface area contributed by atoms with E-state index in [2.05, 4.69) is 5.32 Å². The van der Waals surface area contributed by atoms with Gasteiger partial charge in [-0.1, -0.05) is 6.07 Å². The molecule has 0 spiro atoms. The van der Waals surface area contributed by atoms with Crippen molar-refractivity contribution < 1.29 is 19.0 Å². The van der Waals surface area contributed by atoms with Gasteiger partial charge in [-0.15, -0.1) is 0 Å². The molecule has 1 aromatic carbocycles. The number of methoxy groups -OCH3 is 2. The number of phenolic OH excluding ortho intramolecular Hbond substituents is 1. The molecule has 0 radical (unpaired) electrons. The number of aromatic hydroxyl groups is 1. The second-order valence-electron chi connectivity index (χ2n) is 4.22. The lowest BCUT2D eigenvalue weighted by molar-refractivity contribution is -0.120. The fourth-order valence-corrected chi connectivity index (χ4v) is 1.93. The van der Waals surface area contributed by atoms with E-state index in [4.69, 9.17) is 14.6 Å². The summed E-state index contributed by atoms with van der Waals surface area (Å²) >= 11 is 0. The molecule has 2 atom stereocenters. The molecule has 0 aromatic heterocycles. The number of benzene rings is 1. The van der Waals surface area contributed by atoms with E-state index in [1.165, 1.54) is 6.07 Å². The van der Waals surface area contributed by atoms with Gasteiger partial charge in [0.1, 0.15) is 11.6 Å². The van der Waals surface area contributed by atoms with Gasteiger partial charge < -0.3 is 19.9 Å². The van der Waals surface area contributed by atoms with Crippen LogP contribution in [0.2, 0.25) is 0 Å². The van der Waals surface area contributed by atoms with Gasteiger partial charge in [-0.3, -0.25) is 0 Å². The van der Waals surface area contributed by atoms with Crippen LogP contribution in [0.1, 0.15) is 25.5 Å². The van der Waals surface area contributed by atoms with Gasteiger partial charge in [-0.05, 0) is 19.9 Å². The Balaban J connectivity index is 2.72. The number of ether oxygens (including phenoxy) is 2. The highest BCUT2D eigenvalue weighted by Gasteiger charge is 2.20. The van der Waals surface area contributed by atoms with Crippen LogP contribution in [-0.4, -0.2) is 31.7 Å². The van der Waals surface area contributed by atoms with Crippen LogP contribution in [0.5, 0.6) is 5.75 Å². The first kappa shape index (κ1) is 14.9. The van der Waals surface area contributed by atoms with Crippen molar-refractivity contribution in [2.45, 2.75) is 32.2 Å². The highest BCUT2D eigenvalue weighted by atomic mass is 19.1. The van der Waals surface area contributed by atoms with Crippen molar-refractivity contribution in [2.75, 3.05) is 14.2 Å². The molecule has 0 saturated heterocycles. The molecule has 102 valence electrons. The first-order chi connectivity index (χ1) is 8.49. The molecule has 0 amide bonds. The quantitative estimate of drug-likeness (QED) is 0.767. The smallest absolute Gasteiger partial charge is 0.171 e. The standard InChI is InChI=1S/C13H20FNO3/c1-8(15-9(2)13(17-3)18-4)11-6-5-10(16)7-12(11)14/h5-9,13,15-16H,1-4H3. The van der Waals surface area contributed by atoms with Crippen LogP contribution in [0, 0.1) is 5.82 Å². The molecule has 18 heavy (non-hydrogen) atoms. The molecule has 5 heteroatoms. The van der Waals surface area contributed by atoms with Gasteiger partial charge in [0.05, 0.1) is 6.04 Å². The van der Waals surface area contributed by atoms with E-state index in [1.54, 1.807) is 20.3 Å². The maximum absolute atomic E-state index is 13.7. The predicted molar refractivity (Wildman–Crippen MR) is 66.9 cm³/mol. The minimum Gasteiger partial charge on any atom is -0.508 e. The third kappa shape index (κ3) is 3.66. The molecular weight excluding hydrogens is 237 g/mol. The maximum atomic E-state index is 13.7. The Bertz CT molecular complexity index is 382. The second kappa shape index (κ2) is 6.68. The molecule has 0 heterocycles. The SMILES string of the molecule is COC(OC)C(C)NC(C)c1ccc(O)cc1F. The van der Waals surface area contributed by atoms with Crippen molar-refractivity contribution in [3.63, 3.8) is 0 Å². The van der Waals surface area contributed by atoms with Gasteiger partial charge in [0, 0.05) is 31.9 Å². The van der Waals surface area contributed by atoms with Crippen LogP contribution < -0.4 is 5.32 Å². The highest BCUT2D eigenvalue weighted by molar-refractivity contribution is 5.29. The normalized spacial score (nSPS) is 14.8. The third-order valence-corrected chi connectivity index (χ3v) is 2.84. The van der Waals surface area contributed by atoms with Crippen molar-refractivity contribution in [3.05, 3.63) is 29.6 Å². The highest BCUT2D eigenvalue weighted by Crippen LogP contribution is 2.21. The molecule has 2 N–H and O–H groups in total. The summed E-state index contributed by atoms with van der Waals surface area (Å²) in [5.74, 6) is -0.517. The van der Waals surface area contributed by atoms with E-state index < -0.39 is 12.1 Å². The number of nitrogens with one attached hydrogen (secondary N) is 1. The Labute approximate surface area is 107 Å². The zero-order valence-electron chi connectivity index (χ0n) is 11.1. The first-order valence-corrected chi connectivity index (χ1v) is 5.79. The molecule has 0 aliphatic rings. The van der Waals surface area contributed by atoms with E-state index >= 15 is 0 Å². The number of phenols is 1. The van der Waals surface area contributed by atoms with E-state index in [9.17, 15) is 4.39 Å². The van der Waals surface area contributed by atoms with E-state index in [-0.39, 0.29) is 17.8 Å². The fourth-order valence-electron chi connectivity index (χ4n) is 1.93. The summed E-state index contributed by atoms with van der Waals surface area (Å²) < 4.78 is 23.9. The molecule has 0 aliphatic heterocycles. The number of hydrogen-bond donors (Lipinski definition) is 2. The van der Waals surface area contributed by atoms with Gasteiger partial charge in [0.15, 0.2) is 6.29 Å². The van der Waals surface area contributed by atoms with Gasteiger partial charge >= 0.3 is 0 Å².